The molecule has 0 atom stereocenters. The number of hydrogen-bond acceptors (Lipinski definition) is 3. The third-order valence-electron chi connectivity index (χ3n) is 3.60. The second kappa shape index (κ2) is 9.86. The van der Waals surface area contributed by atoms with Gasteiger partial charge in [-0.15, -0.1) is 0 Å². The van der Waals surface area contributed by atoms with E-state index in [0.29, 0.717) is 0 Å². The first-order chi connectivity index (χ1) is 8.33. The maximum absolute atomic E-state index is 5.35. The lowest BCUT2D eigenvalue weighted by Crippen LogP contribution is -2.36. The summed E-state index contributed by atoms with van der Waals surface area (Å²) in [5, 5.41) is 3.70. The first-order valence-corrected chi connectivity index (χ1v) is 7.32. The van der Waals surface area contributed by atoms with Crippen LogP contribution in [0.25, 0.3) is 0 Å². The summed E-state index contributed by atoms with van der Waals surface area (Å²) in [7, 11) is 2.17. The Morgan fingerprint density at radius 2 is 1.82 bits per heavy atom. The van der Waals surface area contributed by atoms with Crippen LogP contribution in [0.5, 0.6) is 0 Å². The van der Waals surface area contributed by atoms with E-state index in [0.717, 1.165) is 38.9 Å². The standard InChI is InChI=1S/C14H30N2O/c1-3-17-13-12-16(2)11-10-15-14-8-6-4-5-7-9-14/h14-15H,3-13H2,1-2H3. The summed E-state index contributed by atoms with van der Waals surface area (Å²) in [5.74, 6) is 0. The monoisotopic (exact) mass is 242 g/mol. The minimum atomic E-state index is 0.776. The van der Waals surface area contributed by atoms with Crippen LogP contribution in [0.3, 0.4) is 0 Å². The molecule has 0 saturated heterocycles. The molecule has 17 heavy (non-hydrogen) atoms. The largest absolute Gasteiger partial charge is 0.380 e. The molecule has 3 nitrogen and oxygen atoms in total. The summed E-state index contributed by atoms with van der Waals surface area (Å²) >= 11 is 0. The van der Waals surface area contributed by atoms with Gasteiger partial charge >= 0.3 is 0 Å². The zero-order valence-corrected chi connectivity index (χ0v) is 11.7. The molecule has 0 aliphatic heterocycles. The normalized spacial score (nSPS) is 18.5. The number of ether oxygens (including phenoxy) is 1. The van der Waals surface area contributed by atoms with Gasteiger partial charge in [0.1, 0.15) is 0 Å². The highest BCUT2D eigenvalue weighted by molar-refractivity contribution is 4.71. The van der Waals surface area contributed by atoms with Crippen LogP contribution in [0.15, 0.2) is 0 Å². The lowest BCUT2D eigenvalue weighted by molar-refractivity contribution is 0.122. The van der Waals surface area contributed by atoms with E-state index in [1.807, 2.05) is 6.92 Å². The van der Waals surface area contributed by atoms with E-state index in [-0.39, 0.29) is 0 Å². The Balaban J connectivity index is 1.97. The van der Waals surface area contributed by atoms with Crippen molar-refractivity contribution in [3.8, 4) is 0 Å². The molecule has 0 unspecified atom stereocenters. The Labute approximate surface area is 107 Å². The van der Waals surface area contributed by atoms with Crippen molar-refractivity contribution in [2.24, 2.45) is 0 Å². The quantitative estimate of drug-likeness (QED) is 0.522. The number of rotatable bonds is 8. The van der Waals surface area contributed by atoms with Gasteiger partial charge in [0, 0.05) is 32.3 Å². The smallest absolute Gasteiger partial charge is 0.0593 e. The third-order valence-corrected chi connectivity index (χ3v) is 3.60. The highest BCUT2D eigenvalue weighted by Gasteiger charge is 2.11. The maximum atomic E-state index is 5.35. The first kappa shape index (κ1) is 14.9. The van der Waals surface area contributed by atoms with Gasteiger partial charge in [-0.25, -0.2) is 0 Å². The SMILES string of the molecule is CCOCCN(C)CCNC1CCCCCC1. The maximum Gasteiger partial charge on any atom is 0.0593 e. The molecule has 0 spiro atoms. The molecule has 1 rings (SSSR count). The number of nitrogens with zero attached hydrogens (tertiary/aromatic N) is 1. The summed E-state index contributed by atoms with van der Waals surface area (Å²) in [6, 6.07) is 0.776. The van der Waals surface area contributed by atoms with Gasteiger partial charge in [0.05, 0.1) is 6.61 Å². The molecule has 1 aliphatic carbocycles. The molecule has 1 saturated carbocycles. The van der Waals surface area contributed by atoms with E-state index in [2.05, 4.69) is 17.3 Å². The zero-order valence-electron chi connectivity index (χ0n) is 11.7. The predicted molar refractivity (Wildman–Crippen MR) is 73.5 cm³/mol. The van der Waals surface area contributed by atoms with E-state index >= 15 is 0 Å². The average molecular weight is 242 g/mol. The molecule has 0 radical (unpaired) electrons. The molecule has 0 aromatic rings. The van der Waals surface area contributed by atoms with Crippen LogP contribution in [0, 0.1) is 0 Å². The van der Waals surface area contributed by atoms with Gasteiger partial charge in [-0.3, -0.25) is 0 Å². The first-order valence-electron chi connectivity index (χ1n) is 7.32. The zero-order chi connectivity index (χ0) is 12.3. The number of hydrogen-bond donors (Lipinski definition) is 1. The molecule has 1 aliphatic rings. The van der Waals surface area contributed by atoms with Gasteiger partial charge in [-0.05, 0) is 26.8 Å². The van der Waals surface area contributed by atoms with Crippen molar-refractivity contribution in [1.82, 2.24) is 10.2 Å². The van der Waals surface area contributed by atoms with E-state index in [9.17, 15) is 0 Å². The fourth-order valence-electron chi connectivity index (χ4n) is 2.42. The van der Waals surface area contributed by atoms with Gasteiger partial charge in [-0.1, -0.05) is 25.7 Å². The van der Waals surface area contributed by atoms with Crippen molar-refractivity contribution in [1.29, 1.82) is 0 Å². The lowest BCUT2D eigenvalue weighted by Gasteiger charge is -2.20. The lowest BCUT2D eigenvalue weighted by atomic mass is 10.1. The Bertz CT molecular complexity index is 168. The van der Waals surface area contributed by atoms with E-state index in [4.69, 9.17) is 4.74 Å². The van der Waals surface area contributed by atoms with Crippen LogP contribution in [0.4, 0.5) is 0 Å². The van der Waals surface area contributed by atoms with Crippen LogP contribution in [-0.2, 0) is 4.74 Å². The van der Waals surface area contributed by atoms with E-state index in [1.54, 1.807) is 0 Å². The summed E-state index contributed by atoms with van der Waals surface area (Å²) in [4.78, 5) is 2.35. The molecule has 0 aromatic heterocycles. The van der Waals surface area contributed by atoms with Crippen LogP contribution in [-0.4, -0.2) is 50.8 Å². The third kappa shape index (κ3) is 7.74. The molecular formula is C14H30N2O. The summed E-state index contributed by atoms with van der Waals surface area (Å²) in [6.07, 6.45) is 8.46. The van der Waals surface area contributed by atoms with Gasteiger partial charge in [-0.2, -0.15) is 0 Å². The van der Waals surface area contributed by atoms with Crippen LogP contribution in [0.2, 0.25) is 0 Å². The number of likely N-dealkylation sites (N-methyl/N-ethyl adjacent to an activating group) is 1. The van der Waals surface area contributed by atoms with E-state index < -0.39 is 0 Å². The van der Waals surface area contributed by atoms with Crippen LogP contribution >= 0.6 is 0 Å². The molecule has 0 heterocycles. The summed E-state index contributed by atoms with van der Waals surface area (Å²) in [6.45, 7) is 7.02. The molecule has 3 heteroatoms. The summed E-state index contributed by atoms with van der Waals surface area (Å²) in [5.41, 5.74) is 0. The van der Waals surface area contributed by atoms with Crippen molar-refractivity contribution in [2.45, 2.75) is 51.5 Å². The Hall–Kier alpha value is -0.120. The Kier molecular flexibility index (Phi) is 8.67. The number of nitrogens with one attached hydrogen (secondary N) is 1. The predicted octanol–water partition coefficient (Wildman–Crippen LogP) is 2.27. The second-order valence-electron chi connectivity index (χ2n) is 5.14. The van der Waals surface area contributed by atoms with Gasteiger partial charge < -0.3 is 15.0 Å². The topological polar surface area (TPSA) is 24.5 Å². The second-order valence-corrected chi connectivity index (χ2v) is 5.14. The van der Waals surface area contributed by atoms with Gasteiger partial charge in [0.25, 0.3) is 0 Å². The van der Waals surface area contributed by atoms with Crippen LogP contribution < -0.4 is 5.32 Å². The van der Waals surface area contributed by atoms with Crippen molar-refractivity contribution >= 4 is 0 Å². The molecule has 0 aromatic carbocycles. The van der Waals surface area contributed by atoms with Crippen molar-refractivity contribution < 1.29 is 4.74 Å². The fraction of sp³-hybridized carbons (Fsp3) is 1.00. The van der Waals surface area contributed by atoms with Gasteiger partial charge in [0.15, 0.2) is 0 Å². The van der Waals surface area contributed by atoms with Crippen molar-refractivity contribution in [3.05, 3.63) is 0 Å². The van der Waals surface area contributed by atoms with E-state index in [1.165, 1.54) is 38.5 Å². The molecule has 0 bridgehead atoms. The van der Waals surface area contributed by atoms with Crippen molar-refractivity contribution in [2.75, 3.05) is 39.9 Å². The average Bonchev–Trinajstić information content (AvgIpc) is 2.58. The Morgan fingerprint density at radius 1 is 1.12 bits per heavy atom. The fourth-order valence-corrected chi connectivity index (χ4v) is 2.42. The minimum Gasteiger partial charge on any atom is -0.380 e. The van der Waals surface area contributed by atoms with Crippen molar-refractivity contribution in [3.63, 3.8) is 0 Å². The van der Waals surface area contributed by atoms with Gasteiger partial charge in [0.2, 0.25) is 0 Å². The molecular weight excluding hydrogens is 212 g/mol. The summed E-state index contributed by atoms with van der Waals surface area (Å²) < 4.78 is 5.35. The van der Waals surface area contributed by atoms with Crippen LogP contribution in [0.1, 0.15) is 45.4 Å². The molecule has 1 N–H and O–H groups in total. The highest BCUT2D eigenvalue weighted by atomic mass is 16.5. The Morgan fingerprint density at radius 3 is 2.47 bits per heavy atom. The minimum absolute atomic E-state index is 0.776. The highest BCUT2D eigenvalue weighted by Crippen LogP contribution is 2.16. The molecule has 102 valence electrons. The molecule has 1 fully saturated rings. The molecule has 0 amide bonds.